The van der Waals surface area contributed by atoms with Crippen LogP contribution in [0.2, 0.25) is 0 Å². The van der Waals surface area contributed by atoms with E-state index in [-0.39, 0.29) is 37.5 Å². The number of carbonyl (C=O) groups is 3. The Bertz CT molecular complexity index is 366. The lowest BCUT2D eigenvalue weighted by Gasteiger charge is -2.28. The summed E-state index contributed by atoms with van der Waals surface area (Å²) in [6, 6.07) is -0.150. The minimum Gasteiger partial charge on any atom is -0.481 e. The van der Waals surface area contributed by atoms with E-state index in [1.54, 1.807) is 26.0 Å². The van der Waals surface area contributed by atoms with Crippen LogP contribution in [0.5, 0.6) is 0 Å². The van der Waals surface area contributed by atoms with Crippen molar-refractivity contribution in [3.8, 4) is 0 Å². The molecule has 0 heterocycles. The predicted octanol–water partition coefficient (Wildman–Crippen LogP) is 0.0655. The third-order valence-corrected chi connectivity index (χ3v) is 3.00. The van der Waals surface area contributed by atoms with Gasteiger partial charge in [-0.2, -0.15) is 0 Å². The smallest absolute Gasteiger partial charge is 0.320 e. The molecule has 1 fully saturated rings. The molecule has 0 atom stereocenters. The zero-order valence-corrected chi connectivity index (χ0v) is 11.6. The van der Waals surface area contributed by atoms with E-state index in [1.165, 1.54) is 9.80 Å². The predicted molar refractivity (Wildman–Crippen MR) is 68.7 cm³/mol. The molecule has 108 valence electrons. The Morgan fingerprint density at radius 1 is 1.16 bits per heavy atom. The molecule has 3 amide bonds. The Morgan fingerprint density at radius 2 is 1.74 bits per heavy atom. The van der Waals surface area contributed by atoms with Gasteiger partial charge in [-0.15, -0.1) is 0 Å². The van der Waals surface area contributed by atoms with Crippen LogP contribution in [-0.4, -0.2) is 78.0 Å². The van der Waals surface area contributed by atoms with Crippen LogP contribution in [-0.2, 0) is 9.59 Å². The average Bonchev–Trinajstić information content (AvgIpc) is 3.12. The Kier molecular flexibility index (Phi) is 5.14. The average molecular weight is 271 g/mol. The molecule has 0 aromatic heterocycles. The Labute approximate surface area is 112 Å². The minimum atomic E-state index is -0.925. The molecule has 7 nitrogen and oxygen atoms in total. The molecule has 0 aliphatic heterocycles. The van der Waals surface area contributed by atoms with Crippen molar-refractivity contribution in [2.24, 2.45) is 0 Å². The summed E-state index contributed by atoms with van der Waals surface area (Å²) >= 11 is 0. The molecular formula is C12H21N3O4. The summed E-state index contributed by atoms with van der Waals surface area (Å²) in [5.74, 6) is -1.09. The lowest BCUT2D eigenvalue weighted by Crippen LogP contribution is -2.46. The number of amides is 3. The number of hydrogen-bond donors (Lipinski definition) is 1. The van der Waals surface area contributed by atoms with E-state index >= 15 is 0 Å². The van der Waals surface area contributed by atoms with Gasteiger partial charge in [-0.05, 0) is 12.8 Å². The third-order valence-electron chi connectivity index (χ3n) is 3.00. The van der Waals surface area contributed by atoms with E-state index in [1.807, 2.05) is 0 Å². The molecule has 0 aromatic carbocycles. The van der Waals surface area contributed by atoms with Crippen LogP contribution in [0.1, 0.15) is 19.3 Å². The van der Waals surface area contributed by atoms with Crippen molar-refractivity contribution in [3.63, 3.8) is 0 Å². The largest absolute Gasteiger partial charge is 0.481 e. The van der Waals surface area contributed by atoms with Crippen molar-refractivity contribution >= 4 is 17.9 Å². The van der Waals surface area contributed by atoms with Gasteiger partial charge >= 0.3 is 12.0 Å². The summed E-state index contributed by atoms with van der Waals surface area (Å²) < 4.78 is 0. The first-order chi connectivity index (χ1) is 8.82. The van der Waals surface area contributed by atoms with Crippen LogP contribution in [0.3, 0.4) is 0 Å². The van der Waals surface area contributed by atoms with Crippen LogP contribution < -0.4 is 0 Å². The van der Waals surface area contributed by atoms with Crippen molar-refractivity contribution in [3.05, 3.63) is 0 Å². The highest BCUT2D eigenvalue weighted by atomic mass is 16.4. The molecule has 0 spiro atoms. The summed E-state index contributed by atoms with van der Waals surface area (Å²) in [6.45, 7) is 0.196. The molecule has 0 radical (unpaired) electrons. The van der Waals surface area contributed by atoms with Crippen LogP contribution in [0.25, 0.3) is 0 Å². The van der Waals surface area contributed by atoms with Crippen LogP contribution in [0.15, 0.2) is 0 Å². The van der Waals surface area contributed by atoms with Crippen molar-refractivity contribution in [2.75, 3.05) is 34.2 Å². The van der Waals surface area contributed by atoms with Gasteiger partial charge in [0.1, 0.15) is 6.54 Å². The van der Waals surface area contributed by atoms with Gasteiger partial charge in [0, 0.05) is 33.7 Å². The lowest BCUT2D eigenvalue weighted by atomic mass is 10.3. The highest BCUT2D eigenvalue weighted by Crippen LogP contribution is 2.27. The molecule has 1 rings (SSSR count). The fourth-order valence-corrected chi connectivity index (χ4v) is 1.67. The second-order valence-electron chi connectivity index (χ2n) is 5.00. The van der Waals surface area contributed by atoms with Gasteiger partial charge in [0.25, 0.3) is 0 Å². The van der Waals surface area contributed by atoms with Gasteiger partial charge in [-0.3, -0.25) is 9.59 Å². The molecular weight excluding hydrogens is 250 g/mol. The van der Waals surface area contributed by atoms with E-state index in [0.717, 1.165) is 12.8 Å². The normalized spacial score (nSPS) is 13.8. The monoisotopic (exact) mass is 271 g/mol. The molecule has 0 aromatic rings. The van der Waals surface area contributed by atoms with Gasteiger partial charge in [0.05, 0.1) is 6.42 Å². The van der Waals surface area contributed by atoms with Gasteiger partial charge in [-0.1, -0.05) is 0 Å². The fourth-order valence-electron chi connectivity index (χ4n) is 1.67. The Morgan fingerprint density at radius 3 is 2.16 bits per heavy atom. The number of carbonyl (C=O) groups excluding carboxylic acids is 2. The maximum atomic E-state index is 12.2. The summed E-state index contributed by atoms with van der Waals surface area (Å²) in [5, 5.41) is 8.69. The number of likely N-dealkylation sites (N-methyl/N-ethyl adjacent to an activating group) is 2. The summed E-state index contributed by atoms with van der Waals surface area (Å²) in [4.78, 5) is 38.6. The van der Waals surface area contributed by atoms with E-state index in [2.05, 4.69) is 0 Å². The second kappa shape index (κ2) is 6.40. The summed E-state index contributed by atoms with van der Waals surface area (Å²) in [5.41, 5.74) is 0. The van der Waals surface area contributed by atoms with Gasteiger partial charge in [0.2, 0.25) is 5.91 Å². The summed E-state index contributed by atoms with van der Waals surface area (Å²) in [6.07, 6.45) is 1.74. The second-order valence-corrected chi connectivity index (χ2v) is 5.00. The topological polar surface area (TPSA) is 81.2 Å². The molecule has 0 bridgehead atoms. The van der Waals surface area contributed by atoms with E-state index < -0.39 is 5.97 Å². The zero-order valence-electron chi connectivity index (χ0n) is 11.6. The lowest BCUT2D eigenvalue weighted by molar-refractivity contribution is -0.137. The van der Waals surface area contributed by atoms with Crippen LogP contribution in [0.4, 0.5) is 4.79 Å². The first kappa shape index (κ1) is 15.3. The van der Waals surface area contributed by atoms with Crippen molar-refractivity contribution in [1.82, 2.24) is 14.7 Å². The van der Waals surface area contributed by atoms with Gasteiger partial charge in [-0.25, -0.2) is 4.79 Å². The molecule has 19 heavy (non-hydrogen) atoms. The first-order valence-electron chi connectivity index (χ1n) is 6.26. The Hall–Kier alpha value is -1.79. The molecule has 1 aliphatic carbocycles. The third kappa shape index (κ3) is 4.76. The van der Waals surface area contributed by atoms with Gasteiger partial charge in [0.15, 0.2) is 0 Å². The highest BCUT2D eigenvalue weighted by molar-refractivity contribution is 5.84. The number of carboxylic acid groups (broad SMARTS) is 1. The molecule has 7 heteroatoms. The van der Waals surface area contributed by atoms with Crippen molar-refractivity contribution in [1.29, 1.82) is 0 Å². The quantitative estimate of drug-likeness (QED) is 0.741. The maximum absolute atomic E-state index is 12.2. The maximum Gasteiger partial charge on any atom is 0.320 e. The van der Waals surface area contributed by atoms with E-state index in [9.17, 15) is 14.4 Å². The number of urea groups is 1. The first-order valence-corrected chi connectivity index (χ1v) is 6.26. The zero-order chi connectivity index (χ0) is 14.6. The molecule has 1 aliphatic rings. The molecule has 1 saturated carbocycles. The minimum absolute atomic E-state index is 0.00211. The number of rotatable bonds is 6. The highest BCUT2D eigenvalue weighted by Gasteiger charge is 2.34. The SMILES string of the molecule is CN(C)C(=O)CN(C)C(=O)N(CCC(=O)O)C1CC1. The number of nitrogens with zero attached hydrogens (tertiary/aromatic N) is 3. The number of aliphatic carboxylic acids is 1. The fraction of sp³-hybridized carbons (Fsp3) is 0.750. The van der Waals surface area contributed by atoms with E-state index in [0.29, 0.717) is 0 Å². The molecule has 1 N–H and O–H groups in total. The summed E-state index contributed by atoms with van der Waals surface area (Å²) in [7, 11) is 4.81. The molecule has 0 unspecified atom stereocenters. The van der Waals surface area contributed by atoms with Crippen LogP contribution in [0, 0.1) is 0 Å². The van der Waals surface area contributed by atoms with Crippen LogP contribution >= 0.6 is 0 Å². The van der Waals surface area contributed by atoms with E-state index in [4.69, 9.17) is 5.11 Å². The van der Waals surface area contributed by atoms with Crippen molar-refractivity contribution < 1.29 is 19.5 Å². The van der Waals surface area contributed by atoms with Crippen molar-refractivity contribution in [2.45, 2.75) is 25.3 Å². The Balaban J connectivity index is 2.55. The number of carboxylic acids is 1. The number of hydrogen-bond acceptors (Lipinski definition) is 3. The molecule has 0 saturated heterocycles. The standard InChI is InChI=1S/C12H21N3O4/c1-13(2)10(16)8-14(3)12(19)15(9-4-5-9)7-6-11(17)18/h9H,4-8H2,1-3H3,(H,17,18). The van der Waals surface area contributed by atoms with Gasteiger partial charge < -0.3 is 19.8 Å².